The molecule has 0 aliphatic rings. The van der Waals surface area contributed by atoms with Crippen molar-refractivity contribution in [2.24, 2.45) is 0 Å². The van der Waals surface area contributed by atoms with Crippen LogP contribution in [0.2, 0.25) is 0 Å². The van der Waals surface area contributed by atoms with E-state index in [0.717, 1.165) is 27.6 Å². The number of aromatic nitrogens is 4. The third-order valence-electron chi connectivity index (χ3n) is 3.19. The molecule has 0 saturated carbocycles. The van der Waals surface area contributed by atoms with E-state index in [1.807, 2.05) is 48.5 Å². The second-order valence-corrected chi connectivity index (χ2v) is 4.50. The number of para-hydroxylation sites is 2. The van der Waals surface area contributed by atoms with Crippen LogP contribution in [0.3, 0.4) is 0 Å². The minimum Gasteiger partial charge on any atom is -0.307 e. The zero-order valence-corrected chi connectivity index (χ0v) is 10.5. The van der Waals surface area contributed by atoms with Gasteiger partial charge in [0.1, 0.15) is 0 Å². The van der Waals surface area contributed by atoms with Gasteiger partial charge in [0, 0.05) is 17.0 Å². The Balaban J connectivity index is 1.76. The molecule has 0 radical (unpaired) electrons. The Kier molecular flexibility index (Phi) is 2.35. The molecule has 0 amide bonds. The Labute approximate surface area is 114 Å². The van der Waals surface area contributed by atoms with Crippen molar-refractivity contribution < 1.29 is 0 Å². The summed E-state index contributed by atoms with van der Waals surface area (Å²) in [5, 5.41) is 12.4. The number of nitrogens with one attached hydrogen (secondary N) is 2. The smallest absolute Gasteiger partial charge is 0.228 e. The van der Waals surface area contributed by atoms with Crippen molar-refractivity contribution in [2.45, 2.75) is 0 Å². The molecule has 0 atom stereocenters. The van der Waals surface area contributed by atoms with Crippen molar-refractivity contribution in [1.29, 1.82) is 0 Å². The normalized spacial score (nSPS) is 11.0. The van der Waals surface area contributed by atoms with Gasteiger partial charge in [-0.15, -0.1) is 0 Å². The van der Waals surface area contributed by atoms with E-state index in [0.29, 0.717) is 5.95 Å². The van der Waals surface area contributed by atoms with Gasteiger partial charge in [-0.3, -0.25) is 5.10 Å². The molecular weight excluding hydrogens is 250 g/mol. The van der Waals surface area contributed by atoms with Crippen molar-refractivity contribution in [3.8, 4) is 0 Å². The van der Waals surface area contributed by atoms with Crippen LogP contribution in [-0.2, 0) is 0 Å². The summed E-state index contributed by atoms with van der Waals surface area (Å²) in [4.78, 5) is 8.79. The molecule has 2 N–H and O–H groups in total. The summed E-state index contributed by atoms with van der Waals surface area (Å²) in [7, 11) is 0. The van der Waals surface area contributed by atoms with Gasteiger partial charge in [0.15, 0.2) is 5.82 Å². The largest absolute Gasteiger partial charge is 0.307 e. The standard InChI is InChI=1S/C15H11N5/c1-3-7-12-10(5-1)9-16-15(17-12)18-14-11-6-2-4-8-13(11)19-20-14/h1-9H,(H2,16,17,18,19,20). The van der Waals surface area contributed by atoms with Crippen LogP contribution in [-0.4, -0.2) is 20.2 Å². The fraction of sp³-hybridized carbons (Fsp3) is 0. The maximum atomic E-state index is 4.48. The van der Waals surface area contributed by atoms with Crippen LogP contribution in [0.15, 0.2) is 54.7 Å². The molecule has 0 aliphatic carbocycles. The molecule has 2 aromatic heterocycles. The van der Waals surface area contributed by atoms with E-state index in [2.05, 4.69) is 25.5 Å². The monoisotopic (exact) mass is 261 g/mol. The molecule has 0 saturated heterocycles. The van der Waals surface area contributed by atoms with E-state index in [4.69, 9.17) is 0 Å². The Morgan fingerprint density at radius 2 is 1.80 bits per heavy atom. The number of aromatic amines is 1. The molecule has 96 valence electrons. The number of H-pyrrole nitrogens is 1. The van der Waals surface area contributed by atoms with Gasteiger partial charge in [0.25, 0.3) is 0 Å². The molecule has 20 heavy (non-hydrogen) atoms. The van der Waals surface area contributed by atoms with Crippen LogP contribution in [0.4, 0.5) is 11.8 Å². The van der Waals surface area contributed by atoms with E-state index in [1.54, 1.807) is 6.20 Å². The average molecular weight is 261 g/mol. The molecule has 0 spiro atoms. The summed E-state index contributed by atoms with van der Waals surface area (Å²) < 4.78 is 0. The highest BCUT2D eigenvalue weighted by molar-refractivity contribution is 5.91. The highest BCUT2D eigenvalue weighted by Gasteiger charge is 2.06. The lowest BCUT2D eigenvalue weighted by Gasteiger charge is -2.03. The highest BCUT2D eigenvalue weighted by Crippen LogP contribution is 2.22. The van der Waals surface area contributed by atoms with Gasteiger partial charge >= 0.3 is 0 Å². The number of hydrogen-bond donors (Lipinski definition) is 2. The molecule has 0 unspecified atom stereocenters. The number of anilines is 2. The lowest BCUT2D eigenvalue weighted by molar-refractivity contribution is 1.10. The quantitative estimate of drug-likeness (QED) is 0.581. The Hall–Kier alpha value is -2.95. The minimum absolute atomic E-state index is 0.543. The van der Waals surface area contributed by atoms with Crippen LogP contribution in [0, 0.1) is 0 Å². The van der Waals surface area contributed by atoms with E-state index < -0.39 is 0 Å². The molecule has 4 rings (SSSR count). The second-order valence-electron chi connectivity index (χ2n) is 4.50. The maximum Gasteiger partial charge on any atom is 0.228 e. The summed E-state index contributed by atoms with van der Waals surface area (Å²) in [6.45, 7) is 0. The SMILES string of the molecule is c1ccc2nc(Nc3n[nH]c4ccccc34)ncc2c1. The summed E-state index contributed by atoms with van der Waals surface area (Å²) in [6, 6.07) is 15.8. The van der Waals surface area contributed by atoms with Crippen LogP contribution < -0.4 is 5.32 Å². The predicted molar refractivity (Wildman–Crippen MR) is 78.9 cm³/mol. The van der Waals surface area contributed by atoms with E-state index >= 15 is 0 Å². The van der Waals surface area contributed by atoms with Crippen molar-refractivity contribution in [1.82, 2.24) is 20.2 Å². The van der Waals surface area contributed by atoms with Gasteiger partial charge in [-0.2, -0.15) is 5.10 Å². The summed E-state index contributed by atoms with van der Waals surface area (Å²) in [5.41, 5.74) is 1.89. The highest BCUT2D eigenvalue weighted by atomic mass is 15.2. The number of rotatable bonds is 2. The molecular formula is C15H11N5. The number of fused-ring (bicyclic) bond motifs is 2. The van der Waals surface area contributed by atoms with E-state index in [9.17, 15) is 0 Å². The van der Waals surface area contributed by atoms with E-state index in [1.165, 1.54) is 0 Å². The minimum atomic E-state index is 0.543. The first-order valence-corrected chi connectivity index (χ1v) is 6.32. The third kappa shape index (κ3) is 1.76. The van der Waals surface area contributed by atoms with Crippen LogP contribution >= 0.6 is 0 Å². The Morgan fingerprint density at radius 1 is 0.950 bits per heavy atom. The molecule has 2 aromatic carbocycles. The van der Waals surface area contributed by atoms with Gasteiger partial charge < -0.3 is 5.32 Å². The molecule has 5 heteroatoms. The maximum absolute atomic E-state index is 4.48. The van der Waals surface area contributed by atoms with Crippen molar-refractivity contribution in [2.75, 3.05) is 5.32 Å². The molecule has 5 nitrogen and oxygen atoms in total. The van der Waals surface area contributed by atoms with Crippen molar-refractivity contribution >= 4 is 33.6 Å². The fourth-order valence-corrected chi connectivity index (χ4v) is 2.20. The third-order valence-corrected chi connectivity index (χ3v) is 3.19. The first-order chi connectivity index (χ1) is 9.90. The van der Waals surface area contributed by atoms with Crippen LogP contribution in [0.5, 0.6) is 0 Å². The van der Waals surface area contributed by atoms with Crippen molar-refractivity contribution in [3.63, 3.8) is 0 Å². The van der Waals surface area contributed by atoms with Gasteiger partial charge in [0.05, 0.1) is 11.0 Å². The predicted octanol–water partition coefficient (Wildman–Crippen LogP) is 3.25. The molecule has 0 bridgehead atoms. The number of nitrogens with zero attached hydrogens (tertiary/aromatic N) is 3. The molecule has 0 fully saturated rings. The number of benzene rings is 2. The summed E-state index contributed by atoms with van der Waals surface area (Å²) >= 11 is 0. The first kappa shape index (κ1) is 10.9. The van der Waals surface area contributed by atoms with Crippen molar-refractivity contribution in [3.05, 3.63) is 54.7 Å². The van der Waals surface area contributed by atoms with Gasteiger partial charge in [-0.1, -0.05) is 30.3 Å². The van der Waals surface area contributed by atoms with Gasteiger partial charge in [-0.05, 0) is 18.2 Å². The zero-order valence-electron chi connectivity index (χ0n) is 10.5. The summed E-state index contributed by atoms with van der Waals surface area (Å²) in [6.07, 6.45) is 1.81. The molecule has 4 aromatic rings. The van der Waals surface area contributed by atoms with Crippen LogP contribution in [0.1, 0.15) is 0 Å². The van der Waals surface area contributed by atoms with Gasteiger partial charge in [0.2, 0.25) is 5.95 Å². The van der Waals surface area contributed by atoms with Gasteiger partial charge in [-0.25, -0.2) is 9.97 Å². The lowest BCUT2D eigenvalue weighted by atomic mass is 10.2. The Bertz CT molecular complexity index is 897. The molecule has 0 aliphatic heterocycles. The first-order valence-electron chi connectivity index (χ1n) is 6.32. The number of hydrogen-bond acceptors (Lipinski definition) is 4. The van der Waals surface area contributed by atoms with E-state index in [-0.39, 0.29) is 0 Å². The lowest BCUT2D eigenvalue weighted by Crippen LogP contribution is -1.97. The van der Waals surface area contributed by atoms with Crippen LogP contribution in [0.25, 0.3) is 21.8 Å². The zero-order chi connectivity index (χ0) is 13.4. The fourth-order valence-electron chi connectivity index (χ4n) is 2.20. The topological polar surface area (TPSA) is 66.5 Å². The second kappa shape index (κ2) is 4.31. The summed E-state index contributed by atoms with van der Waals surface area (Å²) in [5.74, 6) is 1.27. The molecule has 2 heterocycles. The average Bonchev–Trinajstić information content (AvgIpc) is 2.91. The Morgan fingerprint density at radius 3 is 2.80 bits per heavy atom.